The van der Waals surface area contributed by atoms with Crippen LogP contribution in [0.15, 0.2) is 34.2 Å². The van der Waals surface area contributed by atoms with Crippen molar-refractivity contribution in [3.05, 3.63) is 51.0 Å². The van der Waals surface area contributed by atoms with Crippen LogP contribution in [-0.2, 0) is 6.18 Å². The summed E-state index contributed by atoms with van der Waals surface area (Å²) in [5.74, 6) is -0.147. The van der Waals surface area contributed by atoms with Crippen molar-refractivity contribution in [1.82, 2.24) is 20.5 Å². The number of aromatic nitrogens is 3. The number of hydrogen-bond acceptors (Lipinski definition) is 5. The maximum atomic E-state index is 12.5. The van der Waals surface area contributed by atoms with Crippen LogP contribution < -0.4 is 10.9 Å². The van der Waals surface area contributed by atoms with Crippen LogP contribution in [0.2, 0.25) is 5.02 Å². The van der Waals surface area contributed by atoms with Gasteiger partial charge in [0.1, 0.15) is 10.7 Å². The average Bonchev–Trinajstić information content (AvgIpc) is 2.52. The summed E-state index contributed by atoms with van der Waals surface area (Å²) < 4.78 is 37.5. The van der Waals surface area contributed by atoms with Gasteiger partial charge in [0, 0.05) is 24.6 Å². The Morgan fingerprint density at radius 2 is 2.12 bits per heavy atom. The van der Waals surface area contributed by atoms with Gasteiger partial charge >= 0.3 is 6.18 Å². The molecule has 0 aromatic carbocycles. The zero-order valence-electron chi connectivity index (χ0n) is 11.9. The highest BCUT2D eigenvalue weighted by Gasteiger charge is 2.31. The molecular formula is C13H10ClF3N4O2S. The number of carbonyl (C=O) groups excluding carboxylic acids is 1. The van der Waals surface area contributed by atoms with E-state index in [1.165, 1.54) is 12.1 Å². The third kappa shape index (κ3) is 4.96. The van der Waals surface area contributed by atoms with Gasteiger partial charge in [0.2, 0.25) is 0 Å². The number of alkyl halides is 3. The Hall–Kier alpha value is -2.07. The molecule has 0 atom stereocenters. The van der Waals surface area contributed by atoms with Crippen molar-refractivity contribution >= 4 is 29.3 Å². The molecule has 0 aliphatic rings. The van der Waals surface area contributed by atoms with E-state index in [1.54, 1.807) is 0 Å². The van der Waals surface area contributed by atoms with Gasteiger partial charge in [-0.15, -0.1) is 11.8 Å². The van der Waals surface area contributed by atoms with Crippen LogP contribution in [0.5, 0.6) is 0 Å². The number of thioether (sulfide) groups is 1. The van der Waals surface area contributed by atoms with E-state index in [0.717, 1.165) is 17.8 Å². The maximum absolute atomic E-state index is 12.5. The number of hydrogen-bond donors (Lipinski definition) is 2. The minimum atomic E-state index is -4.50. The maximum Gasteiger partial charge on any atom is 0.417 e. The Bertz CT molecular complexity index is 777. The molecule has 2 N–H and O–H groups in total. The van der Waals surface area contributed by atoms with E-state index in [9.17, 15) is 22.8 Å². The molecule has 0 fully saturated rings. The summed E-state index contributed by atoms with van der Waals surface area (Å²) in [6.45, 7) is 0.212. The van der Waals surface area contributed by atoms with E-state index in [4.69, 9.17) is 11.6 Å². The number of nitrogens with one attached hydrogen (secondary N) is 2. The number of pyridine rings is 1. The molecular weight excluding hydrogens is 369 g/mol. The average molecular weight is 379 g/mol. The second kappa shape index (κ2) is 7.67. The Labute approximate surface area is 142 Å². The third-order valence-corrected chi connectivity index (χ3v) is 4.08. The lowest BCUT2D eigenvalue weighted by Gasteiger charge is -2.09. The first kappa shape index (κ1) is 18.3. The quantitative estimate of drug-likeness (QED) is 0.616. The van der Waals surface area contributed by atoms with Crippen molar-refractivity contribution in [3.8, 4) is 0 Å². The molecule has 2 heterocycles. The zero-order valence-corrected chi connectivity index (χ0v) is 13.4. The summed E-state index contributed by atoms with van der Waals surface area (Å²) >= 11 is 6.88. The van der Waals surface area contributed by atoms with Gasteiger partial charge in [-0.05, 0) is 12.1 Å². The molecule has 2 aromatic rings. The standard InChI is InChI=1S/C13H10ClF3N4O2S/c14-8-5-7(13(15,16)17)6-19-12(8)24-4-3-18-11(23)9-1-2-10(22)21-20-9/h1-2,5-6H,3-4H2,(H,18,23)(H,21,22). The van der Waals surface area contributed by atoms with Gasteiger partial charge in [-0.25, -0.2) is 10.1 Å². The fourth-order valence-corrected chi connectivity index (χ4v) is 2.61. The minimum Gasteiger partial charge on any atom is -0.350 e. The van der Waals surface area contributed by atoms with E-state index in [2.05, 4.69) is 20.5 Å². The van der Waals surface area contributed by atoms with Crippen LogP contribution in [0, 0.1) is 0 Å². The van der Waals surface area contributed by atoms with Crippen LogP contribution in [0.3, 0.4) is 0 Å². The van der Waals surface area contributed by atoms with Gasteiger partial charge in [-0.3, -0.25) is 9.59 Å². The second-order valence-electron chi connectivity index (χ2n) is 4.42. The summed E-state index contributed by atoms with van der Waals surface area (Å²) in [6.07, 6.45) is -3.80. The number of carbonyl (C=O) groups is 1. The highest BCUT2D eigenvalue weighted by atomic mass is 35.5. The van der Waals surface area contributed by atoms with Gasteiger partial charge in [0.15, 0.2) is 0 Å². The highest BCUT2D eigenvalue weighted by Crippen LogP contribution is 2.33. The largest absolute Gasteiger partial charge is 0.417 e. The van der Waals surface area contributed by atoms with Gasteiger partial charge in [-0.2, -0.15) is 18.3 Å². The fraction of sp³-hybridized carbons (Fsp3) is 0.231. The molecule has 0 unspecified atom stereocenters. The molecule has 24 heavy (non-hydrogen) atoms. The number of rotatable bonds is 5. The Morgan fingerprint density at radius 3 is 2.71 bits per heavy atom. The summed E-state index contributed by atoms with van der Waals surface area (Å²) in [6, 6.07) is 3.25. The van der Waals surface area contributed by atoms with Gasteiger partial charge in [0.05, 0.1) is 10.6 Å². The van der Waals surface area contributed by atoms with Gasteiger partial charge in [0.25, 0.3) is 11.5 Å². The molecule has 2 rings (SSSR count). The SMILES string of the molecule is O=C(NCCSc1ncc(C(F)(F)F)cc1Cl)c1ccc(=O)[nH]n1. The van der Waals surface area contributed by atoms with E-state index >= 15 is 0 Å². The predicted molar refractivity (Wildman–Crippen MR) is 82.2 cm³/mol. The molecule has 2 aromatic heterocycles. The Balaban J connectivity index is 1.85. The molecule has 6 nitrogen and oxygen atoms in total. The molecule has 0 aliphatic heterocycles. The fourth-order valence-electron chi connectivity index (χ4n) is 1.56. The molecule has 0 radical (unpaired) electrons. The van der Waals surface area contributed by atoms with Gasteiger partial charge < -0.3 is 5.32 Å². The summed E-state index contributed by atoms with van der Waals surface area (Å²) in [5.41, 5.74) is -1.30. The lowest BCUT2D eigenvalue weighted by molar-refractivity contribution is -0.137. The topological polar surface area (TPSA) is 87.7 Å². The number of halogens is 4. The van der Waals surface area contributed by atoms with Crippen molar-refractivity contribution in [2.24, 2.45) is 0 Å². The van der Waals surface area contributed by atoms with Gasteiger partial charge in [-0.1, -0.05) is 11.6 Å². The number of nitrogens with zero attached hydrogens (tertiary/aromatic N) is 2. The predicted octanol–water partition coefficient (Wildman–Crippen LogP) is 2.36. The van der Waals surface area contributed by atoms with Crippen LogP contribution in [0.25, 0.3) is 0 Å². The second-order valence-corrected chi connectivity index (χ2v) is 5.91. The lowest BCUT2D eigenvalue weighted by atomic mass is 10.3. The van der Waals surface area contributed by atoms with Crippen molar-refractivity contribution in [2.75, 3.05) is 12.3 Å². The van der Waals surface area contributed by atoms with Crippen LogP contribution >= 0.6 is 23.4 Å². The smallest absolute Gasteiger partial charge is 0.350 e. The molecule has 1 amide bonds. The molecule has 0 aliphatic carbocycles. The first-order valence-corrected chi connectivity index (χ1v) is 7.83. The van der Waals surface area contributed by atoms with Crippen molar-refractivity contribution in [3.63, 3.8) is 0 Å². The Morgan fingerprint density at radius 1 is 1.38 bits per heavy atom. The summed E-state index contributed by atoms with van der Waals surface area (Å²) in [5, 5.41) is 8.37. The molecule has 11 heteroatoms. The van der Waals surface area contributed by atoms with Crippen LogP contribution in [0.1, 0.15) is 16.1 Å². The molecule has 0 spiro atoms. The number of aromatic amines is 1. The van der Waals surface area contributed by atoms with E-state index < -0.39 is 23.2 Å². The molecule has 0 saturated carbocycles. The monoisotopic (exact) mass is 378 g/mol. The van der Waals surface area contributed by atoms with Crippen molar-refractivity contribution in [1.29, 1.82) is 0 Å². The molecule has 128 valence electrons. The third-order valence-electron chi connectivity index (χ3n) is 2.67. The van der Waals surface area contributed by atoms with E-state index in [0.29, 0.717) is 11.9 Å². The zero-order chi connectivity index (χ0) is 17.7. The first-order chi connectivity index (χ1) is 11.3. The number of amides is 1. The summed E-state index contributed by atoms with van der Waals surface area (Å²) in [7, 11) is 0. The van der Waals surface area contributed by atoms with E-state index in [1.807, 2.05) is 0 Å². The Kier molecular flexibility index (Phi) is 5.84. The van der Waals surface area contributed by atoms with Crippen LogP contribution in [0.4, 0.5) is 13.2 Å². The lowest BCUT2D eigenvalue weighted by Crippen LogP contribution is -2.27. The van der Waals surface area contributed by atoms with Crippen molar-refractivity contribution < 1.29 is 18.0 Å². The van der Waals surface area contributed by atoms with E-state index in [-0.39, 0.29) is 22.3 Å². The highest BCUT2D eigenvalue weighted by molar-refractivity contribution is 7.99. The first-order valence-electron chi connectivity index (χ1n) is 6.47. The van der Waals surface area contributed by atoms with Crippen molar-refractivity contribution in [2.45, 2.75) is 11.2 Å². The minimum absolute atomic E-state index is 0.0466. The number of H-pyrrole nitrogens is 1. The molecule has 0 bridgehead atoms. The molecule has 0 saturated heterocycles. The normalized spacial score (nSPS) is 11.3. The van der Waals surface area contributed by atoms with Crippen LogP contribution in [-0.4, -0.2) is 33.4 Å². The summed E-state index contributed by atoms with van der Waals surface area (Å²) in [4.78, 5) is 26.2.